The predicted octanol–water partition coefficient (Wildman–Crippen LogP) is 4.39. The summed E-state index contributed by atoms with van der Waals surface area (Å²) in [4.78, 5) is 29.7. The van der Waals surface area contributed by atoms with Gasteiger partial charge in [0.1, 0.15) is 17.3 Å². The number of ether oxygens (including phenoxy) is 2. The van der Waals surface area contributed by atoms with E-state index in [2.05, 4.69) is 4.98 Å². The van der Waals surface area contributed by atoms with Gasteiger partial charge in [-0.3, -0.25) is 4.79 Å². The maximum Gasteiger partial charge on any atom is 0.344 e. The van der Waals surface area contributed by atoms with Gasteiger partial charge >= 0.3 is 5.97 Å². The summed E-state index contributed by atoms with van der Waals surface area (Å²) in [7, 11) is 1.41. The van der Waals surface area contributed by atoms with Gasteiger partial charge in [0.2, 0.25) is 11.8 Å². The molecule has 3 N–H and O–H groups in total. The molecule has 3 aromatic rings. The quantitative estimate of drug-likeness (QED) is 0.360. The molecule has 0 aliphatic carbocycles. The maximum atomic E-state index is 14.0. The lowest BCUT2D eigenvalue weighted by molar-refractivity contribution is -0.124. The van der Waals surface area contributed by atoms with Gasteiger partial charge < -0.3 is 20.3 Å². The summed E-state index contributed by atoms with van der Waals surface area (Å²) in [5.41, 5.74) is 5.68. The van der Waals surface area contributed by atoms with Crippen molar-refractivity contribution in [3.05, 3.63) is 71.8 Å². The molecule has 1 aromatic heterocycles. The second-order valence-electron chi connectivity index (χ2n) is 9.53. The molecule has 7 nitrogen and oxygen atoms in total. The molecule has 0 unspecified atom stereocenters. The molecule has 8 heteroatoms. The monoisotopic (exact) mass is 496 g/mol. The molecular formula is C28H33FN2O5. The van der Waals surface area contributed by atoms with Crippen LogP contribution in [0.1, 0.15) is 49.0 Å². The first kappa shape index (κ1) is 27.1. The SMILES string of the molecule is COc1nc2ccccc2cc1C(=O)O[C@@H](Cc1ccccc1)[C@@H](O)C[C@@H](CCC(C)(C)F)C(N)=O. The third kappa shape index (κ3) is 7.49. The van der Waals surface area contributed by atoms with Gasteiger partial charge in [-0.25, -0.2) is 14.2 Å². The Kier molecular flexibility index (Phi) is 8.98. The number of hydrogen-bond acceptors (Lipinski definition) is 6. The van der Waals surface area contributed by atoms with Gasteiger partial charge in [0.05, 0.1) is 18.7 Å². The number of carbonyl (C=O) groups is 2. The minimum absolute atomic E-state index is 0.0662. The predicted molar refractivity (Wildman–Crippen MR) is 135 cm³/mol. The van der Waals surface area contributed by atoms with Crippen LogP contribution in [-0.2, 0) is 16.0 Å². The molecule has 0 fully saturated rings. The van der Waals surface area contributed by atoms with Crippen LogP contribution >= 0.6 is 0 Å². The van der Waals surface area contributed by atoms with E-state index in [1.54, 1.807) is 12.1 Å². The van der Waals surface area contributed by atoms with Crippen molar-refractivity contribution >= 4 is 22.8 Å². The summed E-state index contributed by atoms with van der Waals surface area (Å²) in [6, 6.07) is 18.1. The number of aliphatic hydroxyl groups excluding tert-OH is 1. The number of para-hydroxylation sites is 1. The van der Waals surface area contributed by atoms with Crippen molar-refractivity contribution in [2.75, 3.05) is 7.11 Å². The number of carbonyl (C=O) groups excluding carboxylic acids is 2. The van der Waals surface area contributed by atoms with Crippen LogP contribution in [0.15, 0.2) is 60.7 Å². The highest BCUT2D eigenvalue weighted by Gasteiger charge is 2.31. The van der Waals surface area contributed by atoms with Gasteiger partial charge in [-0.05, 0) is 50.8 Å². The molecule has 0 aliphatic rings. The first-order valence-electron chi connectivity index (χ1n) is 11.9. The zero-order valence-corrected chi connectivity index (χ0v) is 20.8. The Morgan fingerprint density at radius 3 is 2.42 bits per heavy atom. The van der Waals surface area contributed by atoms with Crippen molar-refractivity contribution in [3.63, 3.8) is 0 Å². The van der Waals surface area contributed by atoms with E-state index < -0.39 is 35.7 Å². The number of alkyl halides is 1. The zero-order valence-electron chi connectivity index (χ0n) is 20.8. The van der Waals surface area contributed by atoms with Crippen LogP contribution in [0.3, 0.4) is 0 Å². The molecule has 36 heavy (non-hydrogen) atoms. The lowest BCUT2D eigenvalue weighted by Crippen LogP contribution is -2.38. The molecule has 192 valence electrons. The van der Waals surface area contributed by atoms with Crippen LogP contribution in [0.5, 0.6) is 5.88 Å². The number of rotatable bonds is 12. The fourth-order valence-electron chi connectivity index (χ4n) is 4.04. The zero-order chi connectivity index (χ0) is 26.3. The molecular weight excluding hydrogens is 463 g/mol. The molecule has 3 atom stereocenters. The highest BCUT2D eigenvalue weighted by Crippen LogP contribution is 2.27. The number of nitrogens with two attached hydrogens (primary N) is 1. The maximum absolute atomic E-state index is 14.0. The molecule has 0 radical (unpaired) electrons. The van der Waals surface area contributed by atoms with E-state index in [9.17, 15) is 19.1 Å². The normalized spacial score (nSPS) is 14.1. The Labute approximate surface area is 210 Å². The number of benzene rings is 2. The number of methoxy groups -OCH3 is 1. The van der Waals surface area contributed by atoms with Crippen LogP contribution in [0.25, 0.3) is 10.9 Å². The van der Waals surface area contributed by atoms with E-state index >= 15 is 0 Å². The fourth-order valence-corrected chi connectivity index (χ4v) is 4.04. The van der Waals surface area contributed by atoms with Crippen molar-refractivity contribution < 1.29 is 28.6 Å². The smallest absolute Gasteiger partial charge is 0.344 e. The Bertz CT molecular complexity index is 1180. The fraction of sp³-hybridized carbons (Fsp3) is 0.393. The number of aromatic nitrogens is 1. The number of nitrogens with zero attached hydrogens (tertiary/aromatic N) is 1. The summed E-state index contributed by atoms with van der Waals surface area (Å²) in [6.07, 6.45) is -1.79. The third-order valence-corrected chi connectivity index (χ3v) is 6.09. The van der Waals surface area contributed by atoms with Gasteiger partial charge in [0.15, 0.2) is 0 Å². The average Bonchev–Trinajstić information content (AvgIpc) is 2.84. The Hall–Kier alpha value is -3.52. The number of primary amides is 1. The van der Waals surface area contributed by atoms with Gasteiger partial charge in [-0.15, -0.1) is 0 Å². The molecule has 2 aromatic carbocycles. The Balaban J connectivity index is 1.86. The summed E-state index contributed by atoms with van der Waals surface area (Å²) in [5, 5.41) is 11.8. The molecule has 0 aliphatic heterocycles. The van der Waals surface area contributed by atoms with E-state index in [-0.39, 0.29) is 37.1 Å². The van der Waals surface area contributed by atoms with Crippen molar-refractivity contribution in [1.82, 2.24) is 4.98 Å². The topological polar surface area (TPSA) is 112 Å². The molecule has 0 spiro atoms. The van der Waals surface area contributed by atoms with E-state index in [0.717, 1.165) is 10.9 Å². The van der Waals surface area contributed by atoms with Crippen LogP contribution in [-0.4, -0.2) is 47.0 Å². The van der Waals surface area contributed by atoms with E-state index in [1.807, 2.05) is 48.5 Å². The van der Waals surface area contributed by atoms with E-state index in [1.165, 1.54) is 21.0 Å². The highest BCUT2D eigenvalue weighted by molar-refractivity contribution is 5.96. The van der Waals surface area contributed by atoms with Crippen molar-refractivity contribution in [2.45, 2.75) is 57.4 Å². The number of amides is 1. The molecule has 1 amide bonds. The number of aliphatic hydroxyl groups is 1. The molecule has 0 saturated heterocycles. The Morgan fingerprint density at radius 1 is 1.11 bits per heavy atom. The van der Waals surface area contributed by atoms with Crippen LogP contribution in [0, 0.1) is 5.92 Å². The number of pyridine rings is 1. The van der Waals surface area contributed by atoms with Crippen molar-refractivity contribution in [3.8, 4) is 5.88 Å². The van der Waals surface area contributed by atoms with E-state index in [4.69, 9.17) is 15.2 Å². The van der Waals surface area contributed by atoms with Gasteiger partial charge in [-0.1, -0.05) is 48.5 Å². The molecule has 3 rings (SSSR count). The van der Waals surface area contributed by atoms with Gasteiger partial charge in [0.25, 0.3) is 0 Å². The van der Waals surface area contributed by atoms with Gasteiger partial charge in [-0.2, -0.15) is 0 Å². The first-order chi connectivity index (χ1) is 17.1. The largest absolute Gasteiger partial charge is 0.480 e. The number of esters is 1. The van der Waals surface area contributed by atoms with Crippen molar-refractivity contribution in [2.24, 2.45) is 11.7 Å². The second-order valence-corrected chi connectivity index (χ2v) is 9.53. The van der Waals surface area contributed by atoms with Crippen LogP contribution in [0.4, 0.5) is 4.39 Å². The summed E-state index contributed by atoms with van der Waals surface area (Å²) in [5.74, 6) is -2.02. The summed E-state index contributed by atoms with van der Waals surface area (Å²) < 4.78 is 25.1. The second kappa shape index (κ2) is 11.9. The Morgan fingerprint density at radius 2 is 1.78 bits per heavy atom. The first-order valence-corrected chi connectivity index (χ1v) is 11.9. The molecule has 1 heterocycles. The number of halogens is 1. The van der Waals surface area contributed by atoms with Gasteiger partial charge in [0, 0.05) is 17.7 Å². The minimum atomic E-state index is -1.48. The third-order valence-electron chi connectivity index (χ3n) is 6.09. The lowest BCUT2D eigenvalue weighted by atomic mass is 9.88. The highest BCUT2D eigenvalue weighted by atomic mass is 19.1. The number of fused-ring (bicyclic) bond motifs is 1. The molecule has 0 bridgehead atoms. The van der Waals surface area contributed by atoms with Crippen molar-refractivity contribution in [1.29, 1.82) is 0 Å². The lowest BCUT2D eigenvalue weighted by Gasteiger charge is -2.27. The number of hydrogen-bond donors (Lipinski definition) is 2. The van der Waals surface area contributed by atoms with E-state index in [0.29, 0.717) is 5.52 Å². The van der Waals surface area contributed by atoms with Crippen LogP contribution < -0.4 is 10.5 Å². The van der Waals surface area contributed by atoms with Crippen LogP contribution in [0.2, 0.25) is 0 Å². The average molecular weight is 497 g/mol. The molecule has 0 saturated carbocycles. The minimum Gasteiger partial charge on any atom is -0.480 e. The summed E-state index contributed by atoms with van der Waals surface area (Å²) in [6.45, 7) is 2.85. The standard InChI is InChI=1S/C28H33FN2O5/c1-28(2,29)14-13-20(25(30)33)17-23(32)24(15-18-9-5-4-6-10-18)36-27(34)21-16-19-11-7-8-12-22(19)31-26(21)35-3/h4-12,16,20,23-24,32H,13-15,17H2,1-3H3,(H2,30,33)/t20-,23+,24+/m1/s1. The summed E-state index contributed by atoms with van der Waals surface area (Å²) >= 11 is 0.